The van der Waals surface area contributed by atoms with Gasteiger partial charge in [0.15, 0.2) is 4.32 Å². The first-order chi connectivity index (χ1) is 12.0. The van der Waals surface area contributed by atoms with Crippen LogP contribution in [0.2, 0.25) is 0 Å². The second-order valence-electron chi connectivity index (χ2n) is 5.15. The lowest BCUT2D eigenvalue weighted by Gasteiger charge is -2.14. The molecule has 2 aromatic rings. The topological polar surface area (TPSA) is 66.8 Å². The standard InChI is InChI=1S/C18H13NO4S2/c1-23-14-7-5-13(6-8-14)19-16(20)15(25-18(19)24)10-11-3-2-4-12(9-11)17(21)22/h2-10H,1H3,(H,21,22)/b15-10-. The lowest BCUT2D eigenvalue weighted by atomic mass is 10.1. The van der Waals surface area contributed by atoms with E-state index in [1.807, 2.05) is 0 Å². The smallest absolute Gasteiger partial charge is 0.335 e. The molecule has 1 saturated heterocycles. The Balaban J connectivity index is 1.90. The molecule has 1 fully saturated rings. The molecule has 2 aromatic carbocycles. The van der Waals surface area contributed by atoms with Crippen molar-refractivity contribution in [1.82, 2.24) is 0 Å². The SMILES string of the molecule is COc1ccc(N2C(=O)/C(=C/c3cccc(C(=O)O)c3)SC2=S)cc1. The van der Waals surface area contributed by atoms with E-state index in [2.05, 4.69) is 0 Å². The van der Waals surface area contributed by atoms with Crippen LogP contribution in [-0.4, -0.2) is 28.4 Å². The average molecular weight is 371 g/mol. The van der Waals surface area contributed by atoms with Crippen LogP contribution in [0.4, 0.5) is 5.69 Å². The van der Waals surface area contributed by atoms with Gasteiger partial charge < -0.3 is 9.84 Å². The van der Waals surface area contributed by atoms with E-state index in [4.69, 9.17) is 22.1 Å². The Kier molecular flexibility index (Phi) is 4.87. The van der Waals surface area contributed by atoms with Gasteiger partial charge >= 0.3 is 5.97 Å². The molecule has 0 aromatic heterocycles. The highest BCUT2D eigenvalue weighted by Crippen LogP contribution is 2.36. The molecule has 0 saturated carbocycles. The van der Waals surface area contributed by atoms with Gasteiger partial charge in [0, 0.05) is 0 Å². The van der Waals surface area contributed by atoms with Crippen LogP contribution in [0.15, 0.2) is 53.4 Å². The largest absolute Gasteiger partial charge is 0.497 e. The number of ether oxygens (including phenoxy) is 1. The number of methoxy groups -OCH3 is 1. The number of anilines is 1. The van der Waals surface area contributed by atoms with Crippen molar-refractivity contribution in [2.45, 2.75) is 0 Å². The number of thioether (sulfide) groups is 1. The van der Waals surface area contributed by atoms with Gasteiger partial charge in [0.2, 0.25) is 0 Å². The second-order valence-corrected chi connectivity index (χ2v) is 6.82. The van der Waals surface area contributed by atoms with Gasteiger partial charge in [-0.05, 0) is 48.0 Å². The van der Waals surface area contributed by atoms with Gasteiger partial charge in [-0.2, -0.15) is 0 Å². The molecule has 0 spiro atoms. The Labute approximate surface area is 153 Å². The zero-order valence-electron chi connectivity index (χ0n) is 13.1. The van der Waals surface area contributed by atoms with Crippen molar-refractivity contribution in [2.75, 3.05) is 12.0 Å². The maximum absolute atomic E-state index is 12.7. The fourth-order valence-electron chi connectivity index (χ4n) is 2.33. The minimum atomic E-state index is -1.01. The molecule has 7 heteroatoms. The molecule has 1 heterocycles. The number of carboxylic acids is 1. The van der Waals surface area contributed by atoms with Gasteiger partial charge in [-0.25, -0.2) is 4.79 Å². The molecule has 0 unspecified atom stereocenters. The molecule has 1 aliphatic rings. The number of rotatable bonds is 4. The number of nitrogens with zero attached hydrogens (tertiary/aromatic N) is 1. The molecule has 0 bridgehead atoms. The Morgan fingerprint density at radius 2 is 1.96 bits per heavy atom. The van der Waals surface area contributed by atoms with Crippen molar-refractivity contribution in [2.24, 2.45) is 0 Å². The predicted molar refractivity (Wildman–Crippen MR) is 102 cm³/mol. The molecule has 1 N–H and O–H groups in total. The van der Waals surface area contributed by atoms with Crippen molar-refractivity contribution >= 4 is 51.9 Å². The number of carbonyl (C=O) groups excluding carboxylic acids is 1. The number of carboxylic acid groups (broad SMARTS) is 1. The van der Waals surface area contributed by atoms with E-state index in [1.165, 1.54) is 28.8 Å². The molecule has 1 amide bonds. The van der Waals surface area contributed by atoms with Crippen molar-refractivity contribution < 1.29 is 19.4 Å². The van der Waals surface area contributed by atoms with E-state index in [0.29, 0.717) is 26.2 Å². The highest BCUT2D eigenvalue weighted by Gasteiger charge is 2.33. The first-order valence-electron chi connectivity index (χ1n) is 7.25. The van der Waals surface area contributed by atoms with Crippen LogP contribution in [0.5, 0.6) is 5.75 Å². The van der Waals surface area contributed by atoms with E-state index < -0.39 is 5.97 Å². The van der Waals surface area contributed by atoms with Crippen LogP contribution in [0.3, 0.4) is 0 Å². The quantitative estimate of drug-likeness (QED) is 0.651. The van der Waals surface area contributed by atoms with Crippen molar-refractivity contribution in [3.05, 3.63) is 64.6 Å². The third kappa shape index (κ3) is 3.57. The minimum absolute atomic E-state index is 0.166. The van der Waals surface area contributed by atoms with Crippen molar-refractivity contribution in [3.8, 4) is 5.75 Å². The van der Waals surface area contributed by atoms with E-state index in [-0.39, 0.29) is 11.5 Å². The number of aromatic carboxylic acids is 1. The summed E-state index contributed by atoms with van der Waals surface area (Å²) < 4.78 is 5.54. The Morgan fingerprint density at radius 1 is 1.24 bits per heavy atom. The Hall–Kier alpha value is -2.64. The lowest BCUT2D eigenvalue weighted by molar-refractivity contribution is -0.113. The third-order valence-electron chi connectivity index (χ3n) is 3.56. The van der Waals surface area contributed by atoms with Crippen LogP contribution in [0.25, 0.3) is 6.08 Å². The molecule has 126 valence electrons. The number of benzene rings is 2. The average Bonchev–Trinajstić information content (AvgIpc) is 2.89. The molecular formula is C18H13NO4S2. The van der Waals surface area contributed by atoms with E-state index in [1.54, 1.807) is 49.6 Å². The van der Waals surface area contributed by atoms with Gasteiger partial charge in [-0.15, -0.1) is 0 Å². The fourth-order valence-corrected chi connectivity index (χ4v) is 3.63. The Morgan fingerprint density at radius 3 is 2.60 bits per heavy atom. The highest BCUT2D eigenvalue weighted by atomic mass is 32.2. The summed E-state index contributed by atoms with van der Waals surface area (Å²) in [6, 6.07) is 13.4. The summed E-state index contributed by atoms with van der Waals surface area (Å²) in [6.45, 7) is 0. The summed E-state index contributed by atoms with van der Waals surface area (Å²) >= 11 is 6.51. The number of hydrogen-bond donors (Lipinski definition) is 1. The molecule has 0 radical (unpaired) electrons. The zero-order valence-corrected chi connectivity index (χ0v) is 14.8. The summed E-state index contributed by atoms with van der Waals surface area (Å²) in [5.74, 6) is -0.558. The van der Waals surface area contributed by atoms with Crippen LogP contribution in [0.1, 0.15) is 15.9 Å². The first-order valence-corrected chi connectivity index (χ1v) is 8.47. The van der Waals surface area contributed by atoms with Gasteiger partial charge in [-0.3, -0.25) is 9.69 Å². The number of carbonyl (C=O) groups is 2. The summed E-state index contributed by atoms with van der Waals surface area (Å²) in [7, 11) is 1.57. The summed E-state index contributed by atoms with van der Waals surface area (Å²) in [5.41, 5.74) is 1.46. The fraction of sp³-hybridized carbons (Fsp3) is 0.0556. The molecule has 25 heavy (non-hydrogen) atoms. The number of thiocarbonyl (C=S) groups is 1. The molecule has 3 rings (SSSR count). The van der Waals surface area contributed by atoms with Crippen LogP contribution in [-0.2, 0) is 4.79 Å². The highest BCUT2D eigenvalue weighted by molar-refractivity contribution is 8.27. The van der Waals surface area contributed by atoms with E-state index in [9.17, 15) is 9.59 Å². The maximum atomic E-state index is 12.7. The summed E-state index contributed by atoms with van der Waals surface area (Å²) in [5, 5.41) is 9.07. The van der Waals surface area contributed by atoms with Crippen LogP contribution < -0.4 is 9.64 Å². The predicted octanol–water partition coefficient (Wildman–Crippen LogP) is 3.80. The second kappa shape index (κ2) is 7.08. The normalized spacial score (nSPS) is 15.7. The van der Waals surface area contributed by atoms with E-state index >= 15 is 0 Å². The van der Waals surface area contributed by atoms with Crippen molar-refractivity contribution in [1.29, 1.82) is 0 Å². The Bertz CT molecular complexity index is 890. The lowest BCUT2D eigenvalue weighted by Crippen LogP contribution is -2.27. The van der Waals surface area contributed by atoms with Crippen LogP contribution >= 0.6 is 24.0 Å². The maximum Gasteiger partial charge on any atom is 0.335 e. The van der Waals surface area contributed by atoms with Gasteiger partial charge in [0.1, 0.15) is 5.75 Å². The first kappa shape index (κ1) is 17.2. The number of amides is 1. The number of hydrogen-bond acceptors (Lipinski definition) is 5. The van der Waals surface area contributed by atoms with Crippen molar-refractivity contribution in [3.63, 3.8) is 0 Å². The summed E-state index contributed by atoms with van der Waals surface area (Å²) in [6.07, 6.45) is 1.65. The molecular weight excluding hydrogens is 358 g/mol. The monoisotopic (exact) mass is 371 g/mol. The molecule has 5 nitrogen and oxygen atoms in total. The van der Waals surface area contributed by atoms with Gasteiger partial charge in [0.05, 0.1) is 23.3 Å². The third-order valence-corrected chi connectivity index (χ3v) is 4.86. The molecule has 0 atom stereocenters. The zero-order chi connectivity index (χ0) is 18.0. The summed E-state index contributed by atoms with van der Waals surface area (Å²) in [4.78, 5) is 25.7. The van der Waals surface area contributed by atoms with Gasteiger partial charge in [0.25, 0.3) is 5.91 Å². The van der Waals surface area contributed by atoms with Crippen LogP contribution in [0, 0.1) is 0 Å². The van der Waals surface area contributed by atoms with Gasteiger partial charge in [-0.1, -0.05) is 36.1 Å². The molecule has 0 aliphatic carbocycles. The minimum Gasteiger partial charge on any atom is -0.497 e. The van der Waals surface area contributed by atoms with E-state index in [0.717, 1.165) is 0 Å². The molecule has 1 aliphatic heterocycles.